The number of benzene rings is 2. The zero-order valence-corrected chi connectivity index (χ0v) is 16.8. The van der Waals surface area contributed by atoms with Crippen LogP contribution in [-0.2, 0) is 13.1 Å². The molecule has 1 heterocycles. The molecule has 0 saturated carbocycles. The zero-order chi connectivity index (χ0) is 19.2. The molecule has 0 bridgehead atoms. The van der Waals surface area contributed by atoms with Gasteiger partial charge in [0.1, 0.15) is 11.6 Å². The second-order valence-electron chi connectivity index (χ2n) is 6.06. The highest BCUT2D eigenvalue weighted by atomic mass is 79.9. The van der Waals surface area contributed by atoms with E-state index >= 15 is 0 Å². The van der Waals surface area contributed by atoms with Gasteiger partial charge in [-0.1, -0.05) is 40.2 Å². The maximum absolute atomic E-state index is 5.87. The van der Waals surface area contributed by atoms with Gasteiger partial charge in [0.05, 0.1) is 19.3 Å². The van der Waals surface area contributed by atoms with Gasteiger partial charge in [-0.25, -0.2) is 0 Å². The van der Waals surface area contributed by atoms with Crippen LogP contribution in [-0.4, -0.2) is 34.0 Å². The van der Waals surface area contributed by atoms with Gasteiger partial charge in [-0.3, -0.25) is 4.90 Å². The second kappa shape index (κ2) is 8.79. The third-order valence-electron chi connectivity index (χ3n) is 3.83. The zero-order valence-electron chi connectivity index (χ0n) is 15.2. The summed E-state index contributed by atoms with van der Waals surface area (Å²) in [5.41, 5.74) is 7.84. The number of rotatable bonds is 7. The molecule has 0 aliphatic rings. The molecule has 0 spiro atoms. The predicted octanol–water partition coefficient (Wildman–Crippen LogP) is 3.60. The number of nitrogens with two attached hydrogens (primary N) is 1. The quantitative estimate of drug-likeness (QED) is 0.593. The van der Waals surface area contributed by atoms with E-state index in [0.717, 1.165) is 16.7 Å². The molecule has 0 radical (unpaired) electrons. The molecule has 3 aromatic rings. The Kier molecular flexibility index (Phi) is 6.20. The summed E-state index contributed by atoms with van der Waals surface area (Å²) in [5.74, 6) is 1.86. The second-order valence-corrected chi connectivity index (χ2v) is 6.97. The molecule has 3 rings (SSSR count). The molecule has 1 aromatic heterocycles. The van der Waals surface area contributed by atoms with Gasteiger partial charge in [-0.15, -0.1) is 0 Å². The molecule has 7 nitrogen and oxygen atoms in total. The smallest absolute Gasteiger partial charge is 0.232 e. The molecule has 2 aromatic carbocycles. The lowest BCUT2D eigenvalue weighted by molar-refractivity contribution is 0.310. The van der Waals surface area contributed by atoms with Crippen molar-refractivity contribution in [3.8, 4) is 5.75 Å². The van der Waals surface area contributed by atoms with E-state index in [9.17, 15) is 0 Å². The normalized spacial score (nSPS) is 10.8. The number of hydrogen-bond donors (Lipinski definition) is 2. The van der Waals surface area contributed by atoms with Crippen molar-refractivity contribution in [3.63, 3.8) is 0 Å². The van der Waals surface area contributed by atoms with E-state index in [-0.39, 0.29) is 5.95 Å². The van der Waals surface area contributed by atoms with E-state index in [1.807, 2.05) is 43.4 Å². The van der Waals surface area contributed by atoms with Crippen molar-refractivity contribution in [2.24, 2.45) is 0 Å². The lowest BCUT2D eigenvalue weighted by Crippen LogP contribution is -2.20. The van der Waals surface area contributed by atoms with E-state index in [0.29, 0.717) is 24.1 Å². The van der Waals surface area contributed by atoms with Crippen LogP contribution in [0.4, 0.5) is 17.6 Å². The van der Waals surface area contributed by atoms with E-state index < -0.39 is 0 Å². The molecule has 3 N–H and O–H groups in total. The number of nitrogens with zero attached hydrogens (tertiary/aromatic N) is 4. The molecule has 0 amide bonds. The SMILES string of the molecule is COc1ccccc1Nc1nc(N)nc(CN(C)Cc2ccc(Br)cc2)n1. The van der Waals surface area contributed by atoms with Crippen molar-refractivity contribution in [1.29, 1.82) is 0 Å². The van der Waals surface area contributed by atoms with E-state index in [1.54, 1.807) is 7.11 Å². The molecule has 0 fully saturated rings. The summed E-state index contributed by atoms with van der Waals surface area (Å²) in [6, 6.07) is 15.8. The first kappa shape index (κ1) is 19.1. The average molecular weight is 429 g/mol. The summed E-state index contributed by atoms with van der Waals surface area (Å²) in [5, 5.41) is 3.14. The Hall–Kier alpha value is -2.71. The van der Waals surface area contributed by atoms with E-state index in [2.05, 4.69) is 53.2 Å². The van der Waals surface area contributed by atoms with E-state index in [1.165, 1.54) is 5.56 Å². The molecule has 0 saturated heterocycles. The van der Waals surface area contributed by atoms with Crippen LogP contribution in [0.3, 0.4) is 0 Å². The monoisotopic (exact) mass is 428 g/mol. The Morgan fingerprint density at radius 1 is 1.04 bits per heavy atom. The molecule has 0 aliphatic carbocycles. The highest BCUT2D eigenvalue weighted by Crippen LogP contribution is 2.25. The third-order valence-corrected chi connectivity index (χ3v) is 4.36. The predicted molar refractivity (Wildman–Crippen MR) is 110 cm³/mol. The number of nitrogens with one attached hydrogen (secondary N) is 1. The first-order valence-electron chi connectivity index (χ1n) is 8.37. The largest absolute Gasteiger partial charge is 0.495 e. The van der Waals surface area contributed by atoms with Crippen molar-refractivity contribution in [2.45, 2.75) is 13.1 Å². The van der Waals surface area contributed by atoms with E-state index in [4.69, 9.17) is 10.5 Å². The van der Waals surface area contributed by atoms with Crippen LogP contribution in [0.5, 0.6) is 5.75 Å². The Balaban J connectivity index is 1.72. The van der Waals surface area contributed by atoms with Gasteiger partial charge in [-0.2, -0.15) is 15.0 Å². The maximum Gasteiger partial charge on any atom is 0.232 e. The topological polar surface area (TPSA) is 89.2 Å². The van der Waals surface area contributed by atoms with Crippen molar-refractivity contribution in [2.75, 3.05) is 25.2 Å². The molecule has 0 atom stereocenters. The van der Waals surface area contributed by atoms with Crippen molar-refractivity contribution < 1.29 is 4.74 Å². The molecule has 0 aliphatic heterocycles. The molecular formula is C19H21BrN6O. The highest BCUT2D eigenvalue weighted by molar-refractivity contribution is 9.10. The summed E-state index contributed by atoms with van der Waals surface area (Å²) in [4.78, 5) is 15.0. The van der Waals surface area contributed by atoms with Gasteiger partial charge in [0.2, 0.25) is 11.9 Å². The lowest BCUT2D eigenvalue weighted by Gasteiger charge is -2.16. The molecule has 0 unspecified atom stereocenters. The van der Waals surface area contributed by atoms with Crippen molar-refractivity contribution in [3.05, 3.63) is 64.4 Å². The fourth-order valence-electron chi connectivity index (χ4n) is 2.63. The van der Waals surface area contributed by atoms with Gasteiger partial charge in [-0.05, 0) is 36.9 Å². The molecular weight excluding hydrogens is 408 g/mol. The summed E-state index contributed by atoms with van der Waals surface area (Å²) in [6.45, 7) is 1.32. The van der Waals surface area contributed by atoms with Gasteiger partial charge < -0.3 is 15.8 Å². The Morgan fingerprint density at radius 3 is 2.52 bits per heavy atom. The summed E-state index contributed by atoms with van der Waals surface area (Å²) >= 11 is 3.45. The van der Waals surface area contributed by atoms with Gasteiger partial charge in [0.25, 0.3) is 0 Å². The average Bonchev–Trinajstić information content (AvgIpc) is 2.63. The summed E-state index contributed by atoms with van der Waals surface area (Å²) < 4.78 is 6.40. The maximum atomic E-state index is 5.87. The van der Waals surface area contributed by atoms with Crippen LogP contribution in [0.25, 0.3) is 0 Å². The van der Waals surface area contributed by atoms with Crippen LogP contribution >= 0.6 is 15.9 Å². The Bertz CT molecular complexity index is 903. The number of para-hydroxylation sites is 2. The molecule has 27 heavy (non-hydrogen) atoms. The first-order valence-corrected chi connectivity index (χ1v) is 9.16. The number of hydrogen-bond acceptors (Lipinski definition) is 7. The lowest BCUT2D eigenvalue weighted by atomic mass is 10.2. The van der Waals surface area contributed by atoms with Crippen LogP contribution in [0.1, 0.15) is 11.4 Å². The standard InChI is InChI=1S/C19H21BrN6O/c1-26(11-13-7-9-14(20)10-8-13)12-17-23-18(21)25-19(24-17)22-15-5-3-4-6-16(15)27-2/h3-10H,11-12H2,1-2H3,(H3,21,22,23,24,25). The molecule has 8 heteroatoms. The summed E-state index contributed by atoms with van der Waals surface area (Å²) in [6.07, 6.45) is 0. The third kappa shape index (κ3) is 5.38. The van der Waals surface area contributed by atoms with Crippen LogP contribution in [0, 0.1) is 0 Å². The van der Waals surface area contributed by atoms with Crippen LogP contribution in [0.2, 0.25) is 0 Å². The molecule has 140 valence electrons. The minimum absolute atomic E-state index is 0.175. The van der Waals surface area contributed by atoms with Gasteiger partial charge in [0.15, 0.2) is 0 Å². The number of aromatic nitrogens is 3. The Morgan fingerprint density at radius 2 is 1.78 bits per heavy atom. The van der Waals surface area contributed by atoms with Crippen LogP contribution < -0.4 is 15.8 Å². The minimum Gasteiger partial charge on any atom is -0.495 e. The van der Waals surface area contributed by atoms with Crippen molar-refractivity contribution in [1.82, 2.24) is 19.9 Å². The fraction of sp³-hybridized carbons (Fsp3) is 0.211. The number of halogens is 1. The summed E-state index contributed by atoms with van der Waals surface area (Å²) in [7, 11) is 3.63. The first-order chi connectivity index (χ1) is 13.0. The number of ether oxygens (including phenoxy) is 1. The minimum atomic E-state index is 0.175. The van der Waals surface area contributed by atoms with Crippen LogP contribution in [0.15, 0.2) is 53.0 Å². The number of anilines is 3. The number of methoxy groups -OCH3 is 1. The number of nitrogen functional groups attached to an aromatic ring is 1. The highest BCUT2D eigenvalue weighted by Gasteiger charge is 2.10. The Labute approximate surface area is 166 Å². The fourth-order valence-corrected chi connectivity index (χ4v) is 2.90. The van der Waals surface area contributed by atoms with Gasteiger partial charge in [0, 0.05) is 11.0 Å². The van der Waals surface area contributed by atoms with Crippen molar-refractivity contribution >= 4 is 33.5 Å². The van der Waals surface area contributed by atoms with Gasteiger partial charge >= 0.3 is 0 Å².